The van der Waals surface area contributed by atoms with Crippen molar-refractivity contribution in [3.63, 3.8) is 0 Å². The lowest BCUT2D eigenvalue weighted by Crippen LogP contribution is -2.30. The van der Waals surface area contributed by atoms with Gasteiger partial charge in [-0.15, -0.1) is 0 Å². The Labute approximate surface area is 156 Å². The van der Waals surface area contributed by atoms with Gasteiger partial charge in [0, 0.05) is 31.4 Å². The zero-order valence-electron chi connectivity index (χ0n) is 15.8. The van der Waals surface area contributed by atoms with Crippen LogP contribution in [0.1, 0.15) is 66.2 Å². The van der Waals surface area contributed by atoms with Gasteiger partial charge in [-0.1, -0.05) is 30.3 Å². The molecule has 1 amide bonds. The number of amides is 1. The van der Waals surface area contributed by atoms with Crippen molar-refractivity contribution in [1.29, 1.82) is 0 Å². The number of fused-ring (bicyclic) bond motifs is 2. The molecule has 0 fully saturated rings. The summed E-state index contributed by atoms with van der Waals surface area (Å²) in [6, 6.07) is 10.3. The number of aryl methyl sites for hydroxylation is 2. The lowest BCUT2D eigenvalue weighted by atomic mass is 9.84. The second-order valence-electron chi connectivity index (χ2n) is 7.72. The average Bonchev–Trinajstić information content (AvgIpc) is 2.67. The molecular formula is C23H28N2O. The molecule has 26 heavy (non-hydrogen) atoms. The van der Waals surface area contributed by atoms with Crippen molar-refractivity contribution in [2.75, 3.05) is 0 Å². The molecule has 1 aromatic carbocycles. The molecule has 0 N–H and O–H groups in total. The first-order chi connectivity index (χ1) is 12.7. The summed E-state index contributed by atoms with van der Waals surface area (Å²) in [5.74, 6) is 0.153. The number of carbonyl (C=O) groups excluding carboxylic acids is 1. The molecule has 0 saturated heterocycles. The topological polar surface area (TPSA) is 33.2 Å². The van der Waals surface area contributed by atoms with Crippen molar-refractivity contribution in [2.24, 2.45) is 0 Å². The van der Waals surface area contributed by atoms with Crippen LogP contribution in [0.25, 0.3) is 0 Å². The Balaban J connectivity index is 1.70. The molecular weight excluding hydrogens is 320 g/mol. The number of hydrogen-bond acceptors (Lipinski definition) is 2. The highest BCUT2D eigenvalue weighted by Crippen LogP contribution is 2.32. The predicted molar refractivity (Wildman–Crippen MR) is 104 cm³/mol. The first-order valence-corrected chi connectivity index (χ1v) is 10.0. The van der Waals surface area contributed by atoms with E-state index in [4.69, 9.17) is 4.98 Å². The van der Waals surface area contributed by atoms with Gasteiger partial charge in [-0.05, 0) is 73.6 Å². The van der Waals surface area contributed by atoms with Crippen LogP contribution in [0.15, 0.2) is 30.3 Å². The molecule has 2 aromatic rings. The summed E-state index contributed by atoms with van der Waals surface area (Å²) in [6.45, 7) is 3.11. The van der Waals surface area contributed by atoms with Gasteiger partial charge in [-0.25, -0.2) is 0 Å². The van der Waals surface area contributed by atoms with Gasteiger partial charge in [0.1, 0.15) is 0 Å². The summed E-state index contributed by atoms with van der Waals surface area (Å²) in [5, 5.41) is 0. The molecule has 3 heteroatoms. The lowest BCUT2D eigenvalue weighted by Gasteiger charge is -2.30. The highest BCUT2D eigenvalue weighted by molar-refractivity contribution is 5.73. The highest BCUT2D eigenvalue weighted by atomic mass is 16.2. The number of rotatable bonds is 4. The SMILES string of the molecule is CC(=O)N(Cc1ccccc1)Cc1c2c(nc3c1CCCC3)CCCC2. The van der Waals surface area contributed by atoms with Crippen LogP contribution in [0.5, 0.6) is 0 Å². The summed E-state index contributed by atoms with van der Waals surface area (Å²) in [7, 11) is 0. The van der Waals surface area contributed by atoms with Gasteiger partial charge < -0.3 is 4.90 Å². The van der Waals surface area contributed by atoms with E-state index in [1.54, 1.807) is 6.92 Å². The molecule has 1 heterocycles. The first-order valence-electron chi connectivity index (χ1n) is 10.0. The van der Waals surface area contributed by atoms with Crippen LogP contribution in [0, 0.1) is 0 Å². The second kappa shape index (κ2) is 7.61. The number of aromatic nitrogens is 1. The number of carbonyl (C=O) groups is 1. The highest BCUT2D eigenvalue weighted by Gasteiger charge is 2.25. The van der Waals surface area contributed by atoms with Gasteiger partial charge in [0.25, 0.3) is 0 Å². The normalized spacial score (nSPS) is 15.9. The van der Waals surface area contributed by atoms with Gasteiger partial charge in [-0.2, -0.15) is 0 Å². The van der Waals surface area contributed by atoms with E-state index in [0.717, 1.165) is 32.2 Å². The first kappa shape index (κ1) is 17.3. The summed E-state index contributed by atoms with van der Waals surface area (Å²) >= 11 is 0. The van der Waals surface area contributed by atoms with E-state index in [9.17, 15) is 4.79 Å². The fraction of sp³-hybridized carbons (Fsp3) is 0.478. The van der Waals surface area contributed by atoms with Crippen molar-refractivity contribution in [2.45, 2.75) is 71.4 Å². The van der Waals surface area contributed by atoms with Crippen LogP contribution in [0.3, 0.4) is 0 Å². The van der Waals surface area contributed by atoms with Crippen molar-refractivity contribution in [3.05, 3.63) is 64.0 Å². The largest absolute Gasteiger partial charge is 0.334 e. The lowest BCUT2D eigenvalue weighted by molar-refractivity contribution is -0.130. The van der Waals surface area contributed by atoms with Crippen molar-refractivity contribution >= 4 is 5.91 Å². The molecule has 136 valence electrons. The summed E-state index contributed by atoms with van der Waals surface area (Å²) in [6.07, 6.45) is 9.46. The Morgan fingerprint density at radius 3 is 2.04 bits per heavy atom. The zero-order chi connectivity index (χ0) is 17.9. The molecule has 2 aliphatic carbocycles. The van der Waals surface area contributed by atoms with E-state index in [2.05, 4.69) is 12.1 Å². The number of pyridine rings is 1. The molecule has 2 aliphatic rings. The van der Waals surface area contributed by atoms with Gasteiger partial charge in [0.05, 0.1) is 0 Å². The standard InChI is InChI=1S/C23H28N2O/c1-17(26)25(15-18-9-3-2-4-10-18)16-21-19-11-5-7-13-22(19)24-23-14-8-6-12-20(21)23/h2-4,9-10H,5-8,11-16H2,1H3. The molecule has 4 rings (SSSR count). The van der Waals surface area contributed by atoms with E-state index in [-0.39, 0.29) is 5.91 Å². The van der Waals surface area contributed by atoms with E-state index in [1.807, 2.05) is 23.1 Å². The van der Waals surface area contributed by atoms with E-state index < -0.39 is 0 Å². The zero-order valence-corrected chi connectivity index (χ0v) is 15.8. The fourth-order valence-electron chi connectivity index (χ4n) is 4.48. The van der Waals surface area contributed by atoms with Crippen molar-refractivity contribution < 1.29 is 4.79 Å². The predicted octanol–water partition coefficient (Wildman–Crippen LogP) is 4.39. The third-order valence-electron chi connectivity index (χ3n) is 5.89. The van der Waals surface area contributed by atoms with Crippen molar-refractivity contribution in [3.8, 4) is 0 Å². The third-order valence-corrected chi connectivity index (χ3v) is 5.89. The van der Waals surface area contributed by atoms with Crippen LogP contribution in [0.2, 0.25) is 0 Å². The fourth-order valence-corrected chi connectivity index (χ4v) is 4.48. The van der Waals surface area contributed by atoms with Crippen LogP contribution < -0.4 is 0 Å². The molecule has 0 unspecified atom stereocenters. The third kappa shape index (κ3) is 3.53. The number of hydrogen-bond donors (Lipinski definition) is 0. The molecule has 0 spiro atoms. The maximum atomic E-state index is 12.4. The molecule has 0 aliphatic heterocycles. The molecule has 1 aromatic heterocycles. The quantitative estimate of drug-likeness (QED) is 0.821. The Bertz CT molecular complexity index is 763. The Morgan fingerprint density at radius 2 is 1.46 bits per heavy atom. The average molecular weight is 348 g/mol. The molecule has 0 bridgehead atoms. The minimum absolute atomic E-state index is 0.153. The molecule has 0 radical (unpaired) electrons. The van der Waals surface area contributed by atoms with E-state index in [1.165, 1.54) is 59.3 Å². The maximum absolute atomic E-state index is 12.4. The number of nitrogens with zero attached hydrogens (tertiary/aromatic N) is 2. The van der Waals surface area contributed by atoms with E-state index >= 15 is 0 Å². The summed E-state index contributed by atoms with van der Waals surface area (Å²) < 4.78 is 0. The van der Waals surface area contributed by atoms with Crippen LogP contribution in [-0.4, -0.2) is 15.8 Å². The minimum Gasteiger partial charge on any atom is -0.334 e. The molecule has 0 atom stereocenters. The summed E-state index contributed by atoms with van der Waals surface area (Å²) in [5.41, 5.74) is 8.16. The molecule has 3 nitrogen and oxygen atoms in total. The van der Waals surface area contributed by atoms with Gasteiger partial charge in [0.15, 0.2) is 0 Å². The Hall–Kier alpha value is -2.16. The Morgan fingerprint density at radius 1 is 0.885 bits per heavy atom. The van der Waals surface area contributed by atoms with Crippen LogP contribution in [-0.2, 0) is 43.6 Å². The van der Waals surface area contributed by atoms with E-state index in [0.29, 0.717) is 6.54 Å². The van der Waals surface area contributed by atoms with Crippen LogP contribution in [0.4, 0.5) is 0 Å². The van der Waals surface area contributed by atoms with Crippen molar-refractivity contribution in [1.82, 2.24) is 9.88 Å². The second-order valence-corrected chi connectivity index (χ2v) is 7.72. The molecule has 0 saturated carbocycles. The number of benzene rings is 1. The van der Waals surface area contributed by atoms with Gasteiger partial charge >= 0.3 is 0 Å². The van der Waals surface area contributed by atoms with Crippen LogP contribution >= 0.6 is 0 Å². The summed E-state index contributed by atoms with van der Waals surface area (Å²) in [4.78, 5) is 19.5. The van der Waals surface area contributed by atoms with Gasteiger partial charge in [-0.3, -0.25) is 9.78 Å². The minimum atomic E-state index is 0.153. The maximum Gasteiger partial charge on any atom is 0.220 e. The Kier molecular flexibility index (Phi) is 5.05. The van der Waals surface area contributed by atoms with Gasteiger partial charge in [0.2, 0.25) is 5.91 Å². The smallest absolute Gasteiger partial charge is 0.220 e. The monoisotopic (exact) mass is 348 g/mol.